The normalized spacial score (nSPS) is 11.9. The van der Waals surface area contributed by atoms with Gasteiger partial charge in [0, 0.05) is 0 Å². The number of rotatable bonds is 10. The van der Waals surface area contributed by atoms with Gasteiger partial charge in [-0.1, -0.05) is 51.9 Å². The zero-order valence-electron chi connectivity index (χ0n) is 9.41. The summed E-state index contributed by atoms with van der Waals surface area (Å²) in [4.78, 5) is 0. The van der Waals surface area contributed by atoms with E-state index in [1.54, 1.807) is 0 Å². The summed E-state index contributed by atoms with van der Waals surface area (Å²) in [7, 11) is -4.48. The summed E-state index contributed by atoms with van der Waals surface area (Å²) in [5.74, 6) is 0. The molecule has 0 amide bonds. The highest BCUT2D eigenvalue weighted by Gasteiger charge is 1.95. The quantitative estimate of drug-likeness (QED) is 0.333. The molecule has 15 heavy (non-hydrogen) atoms. The van der Waals surface area contributed by atoms with Gasteiger partial charge >= 0.3 is 0 Å². The molecule has 0 radical (unpaired) electrons. The van der Waals surface area contributed by atoms with Crippen LogP contribution in [0.2, 0.25) is 0 Å². The highest BCUT2D eigenvalue weighted by Crippen LogP contribution is 2.08. The molecule has 0 unspecified atom stereocenters. The fourth-order valence-corrected chi connectivity index (χ4v) is 1.72. The van der Waals surface area contributed by atoms with Crippen LogP contribution in [0.15, 0.2) is 0 Å². The molecule has 0 saturated heterocycles. The second-order valence-corrected chi connectivity index (χ2v) is 4.76. The lowest BCUT2D eigenvalue weighted by molar-refractivity contribution is 0.255. The van der Waals surface area contributed by atoms with Crippen molar-refractivity contribution in [2.24, 2.45) is 0 Å². The topological polar surface area (TPSA) is 66.4 Å². The third-order valence-electron chi connectivity index (χ3n) is 2.23. The van der Waals surface area contributed by atoms with Gasteiger partial charge in [0.25, 0.3) is 0 Å². The molecule has 0 fully saturated rings. The van der Waals surface area contributed by atoms with Crippen LogP contribution in [0.1, 0.15) is 58.3 Å². The van der Waals surface area contributed by atoms with Gasteiger partial charge in [0.15, 0.2) is 0 Å². The third-order valence-corrected chi connectivity index (χ3v) is 2.68. The minimum absolute atomic E-state index is 0.0286. The number of hydrogen-bond donors (Lipinski definition) is 0. The Morgan fingerprint density at radius 2 is 1.40 bits per heavy atom. The fraction of sp³-hybridized carbons (Fsp3) is 1.00. The Hall–Kier alpha value is -0.130. The van der Waals surface area contributed by atoms with E-state index < -0.39 is 10.4 Å². The molecule has 0 bridgehead atoms. The molecular weight excluding hydrogens is 216 g/mol. The minimum Gasteiger partial charge on any atom is -0.726 e. The summed E-state index contributed by atoms with van der Waals surface area (Å²) in [5, 5.41) is 0. The highest BCUT2D eigenvalue weighted by atomic mass is 32.3. The molecule has 0 N–H and O–H groups in total. The van der Waals surface area contributed by atoms with E-state index in [9.17, 15) is 13.0 Å². The maximum absolute atomic E-state index is 10.1. The standard InChI is InChI=1S/C10H22O4S/c1-2-3-4-5-6-7-8-9-10-14-15(11,12)13/h2-10H2,1H3,(H,11,12,13)/p-1. The van der Waals surface area contributed by atoms with Gasteiger partial charge in [-0.15, -0.1) is 0 Å². The molecule has 0 aliphatic carbocycles. The van der Waals surface area contributed by atoms with Crippen molar-refractivity contribution in [3.8, 4) is 0 Å². The van der Waals surface area contributed by atoms with Crippen molar-refractivity contribution in [1.29, 1.82) is 0 Å². The van der Waals surface area contributed by atoms with Crippen molar-refractivity contribution >= 4 is 10.4 Å². The second-order valence-electron chi connectivity index (χ2n) is 3.71. The summed E-state index contributed by atoms with van der Waals surface area (Å²) < 4.78 is 34.3. The molecule has 92 valence electrons. The molecular formula is C10H21O4S-. The minimum atomic E-state index is -4.48. The lowest BCUT2D eigenvalue weighted by atomic mass is 10.1. The Bertz CT molecular complexity index is 224. The number of unbranched alkanes of at least 4 members (excludes halogenated alkanes) is 7. The number of hydrogen-bond acceptors (Lipinski definition) is 4. The summed E-state index contributed by atoms with van der Waals surface area (Å²) in [6, 6.07) is 0. The summed E-state index contributed by atoms with van der Waals surface area (Å²) in [5.41, 5.74) is 0. The third kappa shape index (κ3) is 13.9. The summed E-state index contributed by atoms with van der Waals surface area (Å²) >= 11 is 0. The summed E-state index contributed by atoms with van der Waals surface area (Å²) in [6.07, 6.45) is 8.91. The van der Waals surface area contributed by atoms with Crippen LogP contribution in [0, 0.1) is 0 Å². The van der Waals surface area contributed by atoms with Gasteiger partial charge in [0.2, 0.25) is 10.4 Å². The highest BCUT2D eigenvalue weighted by molar-refractivity contribution is 7.80. The molecule has 0 atom stereocenters. The molecule has 0 rings (SSSR count). The Labute approximate surface area is 93.0 Å². The first kappa shape index (κ1) is 14.9. The van der Waals surface area contributed by atoms with Gasteiger partial charge in [0.1, 0.15) is 0 Å². The molecule has 0 saturated carbocycles. The predicted octanol–water partition coefficient (Wildman–Crippen LogP) is 2.60. The fourth-order valence-electron chi connectivity index (χ4n) is 1.40. The van der Waals surface area contributed by atoms with Gasteiger partial charge in [-0.25, -0.2) is 8.42 Å². The maximum atomic E-state index is 10.1. The first-order chi connectivity index (χ1) is 7.06. The molecule has 0 aliphatic rings. The molecule has 0 aliphatic heterocycles. The SMILES string of the molecule is CCCCCCCCCCOS(=O)(=O)[O-]. The first-order valence-corrected chi connectivity index (χ1v) is 7.00. The molecule has 5 heteroatoms. The van der Waals surface area contributed by atoms with Crippen LogP contribution < -0.4 is 0 Å². The van der Waals surface area contributed by atoms with E-state index >= 15 is 0 Å². The Morgan fingerprint density at radius 3 is 1.87 bits per heavy atom. The Morgan fingerprint density at radius 1 is 0.933 bits per heavy atom. The van der Waals surface area contributed by atoms with Crippen molar-refractivity contribution in [2.75, 3.05) is 6.61 Å². The van der Waals surface area contributed by atoms with Crippen molar-refractivity contribution in [2.45, 2.75) is 58.3 Å². The van der Waals surface area contributed by atoms with E-state index in [0.29, 0.717) is 6.42 Å². The van der Waals surface area contributed by atoms with Crippen LogP contribution >= 0.6 is 0 Å². The average Bonchev–Trinajstić information content (AvgIpc) is 2.14. The van der Waals surface area contributed by atoms with E-state index in [0.717, 1.165) is 12.8 Å². The monoisotopic (exact) mass is 237 g/mol. The predicted molar refractivity (Wildman–Crippen MR) is 58.3 cm³/mol. The van der Waals surface area contributed by atoms with Crippen LogP contribution in [0.25, 0.3) is 0 Å². The molecule has 0 aromatic heterocycles. The second kappa shape index (κ2) is 9.12. The van der Waals surface area contributed by atoms with Gasteiger partial charge in [-0.2, -0.15) is 0 Å². The van der Waals surface area contributed by atoms with Crippen LogP contribution in [0.3, 0.4) is 0 Å². The van der Waals surface area contributed by atoms with Gasteiger partial charge in [0.05, 0.1) is 6.61 Å². The Kier molecular flexibility index (Phi) is 9.04. The van der Waals surface area contributed by atoms with Crippen molar-refractivity contribution in [3.05, 3.63) is 0 Å². The van der Waals surface area contributed by atoms with E-state index in [4.69, 9.17) is 0 Å². The van der Waals surface area contributed by atoms with Crippen LogP contribution in [-0.4, -0.2) is 19.6 Å². The lowest BCUT2D eigenvalue weighted by Crippen LogP contribution is -2.05. The first-order valence-electron chi connectivity index (χ1n) is 5.66. The van der Waals surface area contributed by atoms with E-state index in [1.807, 2.05) is 0 Å². The average molecular weight is 237 g/mol. The molecule has 4 nitrogen and oxygen atoms in total. The van der Waals surface area contributed by atoms with E-state index in [1.165, 1.54) is 32.1 Å². The van der Waals surface area contributed by atoms with E-state index in [-0.39, 0.29) is 6.61 Å². The Balaban J connectivity index is 3.06. The molecule has 0 aromatic carbocycles. The van der Waals surface area contributed by atoms with Crippen molar-refractivity contribution in [1.82, 2.24) is 0 Å². The van der Waals surface area contributed by atoms with Crippen molar-refractivity contribution < 1.29 is 17.2 Å². The van der Waals surface area contributed by atoms with E-state index in [2.05, 4.69) is 11.1 Å². The largest absolute Gasteiger partial charge is 0.726 e. The van der Waals surface area contributed by atoms with Crippen LogP contribution in [0.4, 0.5) is 0 Å². The molecule has 0 spiro atoms. The maximum Gasteiger partial charge on any atom is 0.217 e. The van der Waals surface area contributed by atoms with Gasteiger partial charge < -0.3 is 4.55 Å². The lowest BCUT2D eigenvalue weighted by Gasteiger charge is -2.06. The zero-order valence-corrected chi connectivity index (χ0v) is 10.2. The van der Waals surface area contributed by atoms with Crippen molar-refractivity contribution in [3.63, 3.8) is 0 Å². The van der Waals surface area contributed by atoms with Gasteiger partial charge in [-0.3, -0.25) is 4.18 Å². The van der Waals surface area contributed by atoms with Crippen LogP contribution in [-0.2, 0) is 14.6 Å². The van der Waals surface area contributed by atoms with Gasteiger partial charge in [-0.05, 0) is 6.42 Å². The molecule has 0 heterocycles. The summed E-state index contributed by atoms with van der Waals surface area (Å²) in [6.45, 7) is 2.21. The smallest absolute Gasteiger partial charge is 0.217 e. The van der Waals surface area contributed by atoms with Crippen LogP contribution in [0.5, 0.6) is 0 Å². The molecule has 0 aromatic rings. The zero-order chi connectivity index (χ0) is 11.6.